The monoisotopic (exact) mass is 282 g/mol. The Morgan fingerprint density at radius 1 is 1.33 bits per heavy atom. The van der Waals surface area contributed by atoms with E-state index < -0.39 is 0 Å². The molecule has 0 spiro atoms. The van der Waals surface area contributed by atoms with Crippen molar-refractivity contribution in [2.24, 2.45) is 0 Å². The van der Waals surface area contributed by atoms with Gasteiger partial charge in [0.1, 0.15) is 0 Å². The zero-order valence-electron chi connectivity index (χ0n) is 11.1. The lowest BCUT2D eigenvalue weighted by atomic mass is 10.1. The van der Waals surface area contributed by atoms with Gasteiger partial charge in [-0.25, -0.2) is 4.98 Å². The molecule has 0 aliphatic heterocycles. The fourth-order valence-electron chi connectivity index (χ4n) is 1.85. The Labute approximate surface area is 116 Å². The first kappa shape index (κ1) is 13.6. The van der Waals surface area contributed by atoms with E-state index in [-0.39, 0.29) is 6.04 Å². The van der Waals surface area contributed by atoms with Crippen molar-refractivity contribution in [3.05, 3.63) is 26.1 Å². The van der Waals surface area contributed by atoms with Crippen LogP contribution in [0.3, 0.4) is 0 Å². The molecular weight excluding hydrogens is 264 g/mol. The zero-order valence-corrected chi connectivity index (χ0v) is 12.8. The van der Waals surface area contributed by atoms with Crippen LogP contribution in [0.25, 0.3) is 0 Å². The predicted octanol–water partition coefficient (Wildman–Crippen LogP) is 2.68. The SMILES string of the molecule is CCc1nnsc1C(Cc1nc(C)c(C)s1)NC. The van der Waals surface area contributed by atoms with Gasteiger partial charge in [0.15, 0.2) is 0 Å². The van der Waals surface area contributed by atoms with Gasteiger partial charge in [0.05, 0.1) is 27.3 Å². The van der Waals surface area contributed by atoms with E-state index in [1.165, 1.54) is 26.3 Å². The molecule has 18 heavy (non-hydrogen) atoms. The van der Waals surface area contributed by atoms with E-state index in [2.05, 4.69) is 40.7 Å². The number of aromatic nitrogens is 3. The van der Waals surface area contributed by atoms with Gasteiger partial charge in [-0.05, 0) is 38.8 Å². The first-order valence-electron chi connectivity index (χ1n) is 6.07. The van der Waals surface area contributed by atoms with Crippen molar-refractivity contribution >= 4 is 22.9 Å². The maximum absolute atomic E-state index is 4.61. The molecule has 4 nitrogen and oxygen atoms in total. The quantitative estimate of drug-likeness (QED) is 0.916. The molecule has 0 aliphatic rings. The van der Waals surface area contributed by atoms with E-state index in [1.807, 2.05) is 7.05 Å². The van der Waals surface area contributed by atoms with Gasteiger partial charge >= 0.3 is 0 Å². The largest absolute Gasteiger partial charge is 0.312 e. The van der Waals surface area contributed by atoms with Crippen molar-refractivity contribution in [1.82, 2.24) is 19.9 Å². The van der Waals surface area contributed by atoms with Gasteiger partial charge in [-0.15, -0.1) is 16.4 Å². The minimum absolute atomic E-state index is 0.268. The number of hydrogen-bond donors (Lipinski definition) is 1. The highest BCUT2D eigenvalue weighted by Gasteiger charge is 2.19. The van der Waals surface area contributed by atoms with E-state index in [9.17, 15) is 0 Å². The molecule has 0 aliphatic carbocycles. The smallest absolute Gasteiger partial charge is 0.0950 e. The van der Waals surface area contributed by atoms with Crippen LogP contribution in [0.2, 0.25) is 0 Å². The van der Waals surface area contributed by atoms with Gasteiger partial charge in [0, 0.05) is 11.3 Å². The molecule has 2 rings (SSSR count). The third-order valence-corrected chi connectivity index (χ3v) is 5.01. The van der Waals surface area contributed by atoms with Gasteiger partial charge in [-0.2, -0.15) is 0 Å². The van der Waals surface area contributed by atoms with Crippen LogP contribution in [0, 0.1) is 13.8 Å². The molecular formula is C12H18N4S2. The lowest BCUT2D eigenvalue weighted by Crippen LogP contribution is -2.19. The summed E-state index contributed by atoms with van der Waals surface area (Å²) in [5, 5.41) is 8.71. The number of thiazole rings is 1. The van der Waals surface area contributed by atoms with Crippen LogP contribution in [-0.4, -0.2) is 21.6 Å². The van der Waals surface area contributed by atoms with E-state index in [4.69, 9.17) is 0 Å². The van der Waals surface area contributed by atoms with E-state index in [1.54, 1.807) is 11.3 Å². The maximum atomic E-state index is 4.61. The molecule has 1 unspecified atom stereocenters. The summed E-state index contributed by atoms with van der Waals surface area (Å²) in [6, 6.07) is 0.268. The second-order valence-corrected chi connectivity index (χ2v) is 6.31. The Balaban J connectivity index is 2.19. The van der Waals surface area contributed by atoms with Crippen molar-refractivity contribution in [1.29, 1.82) is 0 Å². The summed E-state index contributed by atoms with van der Waals surface area (Å²) in [4.78, 5) is 7.15. The summed E-state index contributed by atoms with van der Waals surface area (Å²) in [6.45, 7) is 6.30. The van der Waals surface area contributed by atoms with Crippen LogP contribution in [0.15, 0.2) is 0 Å². The second-order valence-electron chi connectivity index (χ2n) is 4.23. The normalized spacial score (nSPS) is 12.9. The lowest BCUT2D eigenvalue weighted by molar-refractivity contribution is 0.593. The number of nitrogens with one attached hydrogen (secondary N) is 1. The molecule has 98 valence electrons. The minimum atomic E-state index is 0.268. The van der Waals surface area contributed by atoms with E-state index >= 15 is 0 Å². The van der Waals surface area contributed by atoms with Gasteiger partial charge in [-0.1, -0.05) is 11.4 Å². The molecule has 1 atom stereocenters. The standard InChI is InChI=1S/C12H18N4S2/c1-5-9-12(18-16-15-9)10(13-4)6-11-14-7(2)8(3)17-11/h10,13H,5-6H2,1-4H3. The average molecular weight is 282 g/mol. The van der Waals surface area contributed by atoms with Crippen molar-refractivity contribution in [2.75, 3.05) is 7.05 Å². The Kier molecular flexibility index (Phi) is 4.42. The summed E-state index contributed by atoms with van der Waals surface area (Å²) in [5.74, 6) is 0. The average Bonchev–Trinajstić information content (AvgIpc) is 2.94. The molecule has 2 aromatic heterocycles. The van der Waals surface area contributed by atoms with Crippen molar-refractivity contribution < 1.29 is 0 Å². The fourth-order valence-corrected chi connectivity index (χ4v) is 3.68. The van der Waals surface area contributed by atoms with Gasteiger partial charge in [0.2, 0.25) is 0 Å². The first-order chi connectivity index (χ1) is 8.65. The predicted molar refractivity (Wildman–Crippen MR) is 76.4 cm³/mol. The van der Waals surface area contributed by atoms with Crippen molar-refractivity contribution in [3.8, 4) is 0 Å². The topological polar surface area (TPSA) is 50.7 Å². The minimum Gasteiger partial charge on any atom is -0.312 e. The molecule has 0 bridgehead atoms. The number of rotatable bonds is 5. The van der Waals surface area contributed by atoms with Gasteiger partial charge in [0.25, 0.3) is 0 Å². The van der Waals surface area contributed by atoms with Gasteiger partial charge < -0.3 is 5.32 Å². The highest BCUT2D eigenvalue weighted by atomic mass is 32.1. The number of likely N-dealkylation sites (N-methyl/N-ethyl adjacent to an activating group) is 1. The number of hydrogen-bond acceptors (Lipinski definition) is 6. The summed E-state index contributed by atoms with van der Waals surface area (Å²) in [7, 11) is 1.98. The molecule has 0 radical (unpaired) electrons. The highest BCUT2D eigenvalue weighted by molar-refractivity contribution is 7.11. The molecule has 0 saturated carbocycles. The Morgan fingerprint density at radius 2 is 2.11 bits per heavy atom. The highest BCUT2D eigenvalue weighted by Crippen LogP contribution is 2.26. The van der Waals surface area contributed by atoms with E-state index in [0.29, 0.717) is 0 Å². The van der Waals surface area contributed by atoms with Crippen LogP contribution in [0.5, 0.6) is 0 Å². The van der Waals surface area contributed by atoms with Gasteiger partial charge in [-0.3, -0.25) is 0 Å². The van der Waals surface area contributed by atoms with Crippen LogP contribution in [-0.2, 0) is 12.8 Å². The number of aryl methyl sites for hydroxylation is 3. The Morgan fingerprint density at radius 3 is 2.67 bits per heavy atom. The molecule has 6 heteroatoms. The Hall–Kier alpha value is -0.850. The summed E-state index contributed by atoms with van der Waals surface area (Å²) in [6.07, 6.45) is 1.84. The van der Waals surface area contributed by atoms with Crippen LogP contribution in [0.4, 0.5) is 0 Å². The van der Waals surface area contributed by atoms with E-state index in [0.717, 1.165) is 24.2 Å². The molecule has 0 amide bonds. The molecule has 2 aromatic rings. The van der Waals surface area contributed by atoms with Crippen LogP contribution >= 0.6 is 22.9 Å². The lowest BCUT2D eigenvalue weighted by Gasteiger charge is -2.13. The third-order valence-electron chi connectivity index (χ3n) is 3.04. The molecule has 0 fully saturated rings. The third kappa shape index (κ3) is 2.76. The summed E-state index contributed by atoms with van der Waals surface area (Å²) >= 11 is 3.27. The summed E-state index contributed by atoms with van der Waals surface area (Å²) < 4.78 is 4.06. The van der Waals surface area contributed by atoms with Crippen molar-refractivity contribution in [3.63, 3.8) is 0 Å². The second kappa shape index (κ2) is 5.86. The first-order valence-corrected chi connectivity index (χ1v) is 7.66. The maximum Gasteiger partial charge on any atom is 0.0950 e. The van der Waals surface area contributed by atoms with Crippen LogP contribution in [0.1, 0.15) is 39.1 Å². The fraction of sp³-hybridized carbons (Fsp3) is 0.583. The molecule has 0 saturated heterocycles. The van der Waals surface area contributed by atoms with Crippen LogP contribution < -0.4 is 5.32 Å². The number of nitrogens with zero attached hydrogens (tertiary/aromatic N) is 3. The molecule has 1 N–H and O–H groups in total. The molecule has 2 heterocycles. The zero-order chi connectivity index (χ0) is 13.1. The molecule has 0 aromatic carbocycles. The summed E-state index contributed by atoms with van der Waals surface area (Å²) in [5.41, 5.74) is 2.24. The van der Waals surface area contributed by atoms with Crippen molar-refractivity contribution in [2.45, 2.75) is 39.7 Å². The Bertz CT molecular complexity index is 498.